The van der Waals surface area contributed by atoms with Gasteiger partial charge in [0, 0.05) is 23.2 Å². The molecule has 5 aliphatic rings. The van der Waals surface area contributed by atoms with Crippen LogP contribution in [0.2, 0.25) is 0 Å². The lowest BCUT2D eigenvalue weighted by Crippen LogP contribution is -2.63. The van der Waals surface area contributed by atoms with Crippen LogP contribution in [0.4, 0.5) is 0 Å². The Labute approximate surface area is 200 Å². The highest BCUT2D eigenvalue weighted by Crippen LogP contribution is 2.69. The zero-order valence-electron chi connectivity index (χ0n) is 20.3. The first kappa shape index (κ1) is 23.9. The largest absolute Gasteiger partial charge is 0.481 e. The average Bonchev–Trinajstić information content (AvgIpc) is 3.25. The molecule has 7 nitrogen and oxygen atoms in total. The van der Waals surface area contributed by atoms with Crippen molar-refractivity contribution < 1.29 is 34.1 Å². The summed E-state index contributed by atoms with van der Waals surface area (Å²) in [5, 5.41) is 20.9. The number of aliphatic hydroxyl groups is 1. The minimum Gasteiger partial charge on any atom is -0.481 e. The minimum atomic E-state index is -1.23. The third-order valence-corrected chi connectivity index (χ3v) is 9.79. The van der Waals surface area contributed by atoms with Gasteiger partial charge >= 0.3 is 5.97 Å². The van der Waals surface area contributed by atoms with Crippen LogP contribution >= 0.6 is 0 Å². The molecule has 0 aromatic rings. The molecule has 34 heavy (non-hydrogen) atoms. The van der Waals surface area contributed by atoms with E-state index in [0.29, 0.717) is 19.3 Å². The molecule has 1 aliphatic heterocycles. The summed E-state index contributed by atoms with van der Waals surface area (Å²) in [5.41, 5.74) is -1.18. The Morgan fingerprint density at radius 3 is 2.71 bits per heavy atom. The second-order valence-electron chi connectivity index (χ2n) is 11.5. The van der Waals surface area contributed by atoms with E-state index in [9.17, 15) is 24.6 Å². The number of carbonyl (C=O) groups is 3. The molecule has 1 saturated heterocycles. The lowest BCUT2D eigenvalue weighted by molar-refractivity contribution is -0.199. The van der Waals surface area contributed by atoms with Gasteiger partial charge in [-0.05, 0) is 56.1 Å². The number of ether oxygens (including phenoxy) is 2. The molecule has 0 amide bonds. The molecule has 1 heterocycles. The molecule has 4 aliphatic carbocycles. The van der Waals surface area contributed by atoms with E-state index in [1.807, 2.05) is 13.0 Å². The molecule has 1 unspecified atom stereocenters. The van der Waals surface area contributed by atoms with E-state index >= 15 is 0 Å². The molecule has 5 rings (SSSR count). The van der Waals surface area contributed by atoms with E-state index < -0.39 is 35.5 Å². The fourth-order valence-corrected chi connectivity index (χ4v) is 8.41. The molecule has 0 aromatic heterocycles. The lowest BCUT2D eigenvalue weighted by Gasteiger charge is -2.59. The Hall–Kier alpha value is -1.83. The van der Waals surface area contributed by atoms with Crippen molar-refractivity contribution in [3.8, 4) is 0 Å². The van der Waals surface area contributed by atoms with E-state index in [1.165, 1.54) is 0 Å². The third kappa shape index (κ3) is 3.16. The van der Waals surface area contributed by atoms with Crippen LogP contribution in [0.25, 0.3) is 0 Å². The van der Waals surface area contributed by atoms with E-state index in [-0.39, 0.29) is 47.6 Å². The van der Waals surface area contributed by atoms with Crippen LogP contribution in [0, 0.1) is 28.6 Å². The minimum absolute atomic E-state index is 0.00297. The van der Waals surface area contributed by atoms with Crippen LogP contribution in [0.15, 0.2) is 23.8 Å². The van der Waals surface area contributed by atoms with Crippen LogP contribution in [0.1, 0.15) is 72.1 Å². The number of fused-ring (bicyclic) bond motifs is 7. The van der Waals surface area contributed by atoms with Crippen LogP contribution in [0.3, 0.4) is 0 Å². The summed E-state index contributed by atoms with van der Waals surface area (Å²) in [7, 11) is 0. The first-order valence-electron chi connectivity index (χ1n) is 12.8. The topological polar surface area (TPSA) is 110 Å². The maximum atomic E-state index is 13.7. The first-order chi connectivity index (χ1) is 16.1. The number of ketones is 2. The highest BCUT2D eigenvalue weighted by atomic mass is 16.7. The van der Waals surface area contributed by atoms with Gasteiger partial charge in [-0.25, -0.2) is 0 Å². The highest BCUT2D eigenvalue weighted by molar-refractivity contribution is 6.01. The monoisotopic (exact) mass is 472 g/mol. The number of allylic oxidation sites excluding steroid dienone is 4. The van der Waals surface area contributed by atoms with Crippen LogP contribution in [-0.2, 0) is 23.9 Å². The van der Waals surface area contributed by atoms with Gasteiger partial charge < -0.3 is 19.7 Å². The fourth-order valence-electron chi connectivity index (χ4n) is 8.41. The van der Waals surface area contributed by atoms with Gasteiger partial charge in [-0.15, -0.1) is 0 Å². The number of aliphatic hydroxyl groups excluding tert-OH is 1. The lowest BCUT2D eigenvalue weighted by atomic mass is 9.46. The van der Waals surface area contributed by atoms with Crippen molar-refractivity contribution in [1.82, 2.24) is 0 Å². The van der Waals surface area contributed by atoms with E-state index in [2.05, 4.69) is 13.8 Å². The number of carboxylic acids is 1. The predicted molar refractivity (Wildman–Crippen MR) is 123 cm³/mol. The smallest absolute Gasteiger partial charge is 0.303 e. The summed E-state index contributed by atoms with van der Waals surface area (Å²) in [6, 6.07) is 0. The highest BCUT2D eigenvalue weighted by Gasteiger charge is 2.75. The summed E-state index contributed by atoms with van der Waals surface area (Å²) in [5.74, 6) is -1.01. The van der Waals surface area contributed by atoms with Gasteiger partial charge in [0.1, 0.15) is 0 Å². The SMILES string of the molecule is CCCC1O[C@@H]2C[C@H]3[C@@H]4CCC5=CC(=O)C=C[C@]5(C)[C@H]4[C@@H](O)C[C@]3(C)[C@]2(C(=O)CCC(=O)O)O1. The van der Waals surface area contributed by atoms with E-state index in [4.69, 9.17) is 9.47 Å². The number of aliphatic carboxylic acids is 1. The Kier molecular flexibility index (Phi) is 5.69. The zero-order chi connectivity index (χ0) is 24.5. The molecule has 186 valence electrons. The Bertz CT molecular complexity index is 968. The van der Waals surface area contributed by atoms with Gasteiger partial charge in [0.05, 0.1) is 18.6 Å². The van der Waals surface area contributed by atoms with Gasteiger partial charge in [0.25, 0.3) is 0 Å². The van der Waals surface area contributed by atoms with Crippen LogP contribution in [-0.4, -0.2) is 51.8 Å². The number of carbonyl (C=O) groups excluding carboxylic acids is 2. The fraction of sp³-hybridized carbons (Fsp3) is 0.741. The molecular formula is C27H36O7. The molecule has 0 radical (unpaired) electrons. The summed E-state index contributed by atoms with van der Waals surface area (Å²) in [4.78, 5) is 37.1. The maximum Gasteiger partial charge on any atom is 0.303 e. The van der Waals surface area contributed by atoms with Gasteiger partial charge in [-0.2, -0.15) is 0 Å². The van der Waals surface area contributed by atoms with Gasteiger partial charge in [-0.3, -0.25) is 14.4 Å². The Morgan fingerprint density at radius 2 is 2.00 bits per heavy atom. The van der Waals surface area contributed by atoms with Gasteiger partial charge in [0.2, 0.25) is 0 Å². The van der Waals surface area contributed by atoms with Crippen molar-refractivity contribution in [2.24, 2.45) is 28.6 Å². The number of hydrogen-bond donors (Lipinski definition) is 2. The molecular weight excluding hydrogens is 436 g/mol. The standard InChI is InChI=1S/C27H36O7/c1-4-5-23-33-21-13-18-17-7-6-15-12-16(28)10-11-25(15,2)24(17)19(29)14-26(18,3)27(21,34-23)20(30)8-9-22(31)32/h10-12,17-19,21,23-24,29H,4-9,13-14H2,1-3H3,(H,31,32)/t17-,18-,19-,21+,23?,24+,25-,26-,27+/m0/s1. The number of rotatable bonds is 6. The quantitative estimate of drug-likeness (QED) is 0.608. The molecule has 7 heteroatoms. The normalized spacial score (nSPS) is 46.8. The van der Waals surface area contributed by atoms with Crippen molar-refractivity contribution in [1.29, 1.82) is 0 Å². The number of hydrogen-bond acceptors (Lipinski definition) is 6. The summed E-state index contributed by atoms with van der Waals surface area (Å²) in [6.07, 6.45) is 7.61. The number of Topliss-reactive ketones (excluding diaryl/α,β-unsaturated/α-hetero) is 1. The molecule has 2 N–H and O–H groups in total. The van der Waals surface area contributed by atoms with Crippen molar-refractivity contribution >= 4 is 17.5 Å². The van der Waals surface area contributed by atoms with Crippen molar-refractivity contribution in [2.75, 3.05) is 0 Å². The van der Waals surface area contributed by atoms with Crippen LogP contribution < -0.4 is 0 Å². The molecule has 0 bridgehead atoms. The molecule has 4 fully saturated rings. The zero-order valence-corrected chi connectivity index (χ0v) is 20.3. The third-order valence-electron chi connectivity index (χ3n) is 9.79. The summed E-state index contributed by atoms with van der Waals surface area (Å²) >= 11 is 0. The molecule has 3 saturated carbocycles. The predicted octanol–water partition coefficient (Wildman–Crippen LogP) is 3.59. The van der Waals surface area contributed by atoms with Crippen molar-refractivity contribution in [3.63, 3.8) is 0 Å². The Balaban J connectivity index is 1.53. The second kappa shape index (κ2) is 8.10. The number of carboxylic acid groups (broad SMARTS) is 1. The van der Waals surface area contributed by atoms with Gasteiger partial charge in [0.15, 0.2) is 23.5 Å². The van der Waals surface area contributed by atoms with Crippen molar-refractivity contribution in [2.45, 2.75) is 96.2 Å². The van der Waals surface area contributed by atoms with Crippen molar-refractivity contribution in [3.05, 3.63) is 23.8 Å². The molecule has 0 aromatic carbocycles. The Morgan fingerprint density at radius 1 is 1.24 bits per heavy atom. The second-order valence-corrected chi connectivity index (χ2v) is 11.5. The van der Waals surface area contributed by atoms with E-state index in [1.54, 1.807) is 12.2 Å². The summed E-state index contributed by atoms with van der Waals surface area (Å²) < 4.78 is 12.8. The maximum absolute atomic E-state index is 13.7. The average molecular weight is 473 g/mol. The molecule has 9 atom stereocenters. The van der Waals surface area contributed by atoms with E-state index in [0.717, 1.165) is 24.8 Å². The summed E-state index contributed by atoms with van der Waals surface area (Å²) in [6.45, 7) is 6.22. The first-order valence-corrected chi connectivity index (χ1v) is 12.8. The molecule has 0 spiro atoms. The van der Waals surface area contributed by atoms with Crippen LogP contribution in [0.5, 0.6) is 0 Å². The van der Waals surface area contributed by atoms with Gasteiger partial charge in [-0.1, -0.05) is 38.8 Å².